The standard InChI is InChI=1S/C27H24N4O4S2/c1-17-6-3-7-19(14-17)34-11-5-12-35-21-10-9-18(16-22(21)33-2)15-20-24(28)31-27(29-25(20)32)37-26(30-31)23-8-4-13-36-23/h3-4,6-10,13-16,28H,5,11-12H2,1-2H3. The summed E-state index contributed by atoms with van der Waals surface area (Å²) in [6, 6.07) is 17.2. The zero-order valence-electron chi connectivity index (χ0n) is 20.3. The molecule has 2 aliphatic heterocycles. The highest BCUT2D eigenvalue weighted by molar-refractivity contribution is 8.27. The second-order valence-corrected chi connectivity index (χ2v) is 10.1. The van der Waals surface area contributed by atoms with Gasteiger partial charge < -0.3 is 14.2 Å². The summed E-state index contributed by atoms with van der Waals surface area (Å²) in [5.41, 5.74) is 2.00. The minimum absolute atomic E-state index is 0.0121. The number of benzene rings is 2. The highest BCUT2D eigenvalue weighted by Crippen LogP contribution is 2.33. The Morgan fingerprint density at radius 2 is 1.92 bits per heavy atom. The molecule has 0 radical (unpaired) electrons. The van der Waals surface area contributed by atoms with Crippen molar-refractivity contribution in [3.63, 3.8) is 0 Å². The number of thiophene rings is 1. The first-order valence-corrected chi connectivity index (χ1v) is 13.3. The number of amidine groups is 2. The van der Waals surface area contributed by atoms with E-state index in [-0.39, 0.29) is 11.4 Å². The number of nitrogens with one attached hydrogen (secondary N) is 1. The highest BCUT2D eigenvalue weighted by atomic mass is 32.2. The van der Waals surface area contributed by atoms with Crippen LogP contribution in [0.3, 0.4) is 0 Å². The molecule has 0 unspecified atom stereocenters. The van der Waals surface area contributed by atoms with Gasteiger partial charge in [0.05, 0.1) is 30.8 Å². The smallest absolute Gasteiger partial charge is 0.283 e. The van der Waals surface area contributed by atoms with Crippen molar-refractivity contribution in [1.82, 2.24) is 5.01 Å². The third kappa shape index (κ3) is 5.60. The van der Waals surface area contributed by atoms with Crippen LogP contribution < -0.4 is 14.2 Å². The molecule has 10 heteroatoms. The van der Waals surface area contributed by atoms with Crippen LogP contribution in [0.5, 0.6) is 17.2 Å². The summed E-state index contributed by atoms with van der Waals surface area (Å²) in [7, 11) is 1.56. The van der Waals surface area contributed by atoms with E-state index < -0.39 is 5.91 Å². The second kappa shape index (κ2) is 11.0. The summed E-state index contributed by atoms with van der Waals surface area (Å²) in [6.07, 6.45) is 2.33. The number of thioether (sulfide) groups is 1. The normalized spacial score (nSPS) is 15.9. The quantitative estimate of drug-likeness (QED) is 0.285. The molecule has 0 spiro atoms. The Balaban J connectivity index is 1.24. The summed E-state index contributed by atoms with van der Waals surface area (Å²) in [6.45, 7) is 3.02. The SMILES string of the molecule is COc1cc(C=C2C(=N)N3N=C(c4cccs4)SC3=NC2=O)ccc1OCCCOc1cccc(C)c1. The number of hydrogen-bond donors (Lipinski definition) is 1. The zero-order valence-corrected chi connectivity index (χ0v) is 21.9. The summed E-state index contributed by atoms with van der Waals surface area (Å²) in [4.78, 5) is 17.9. The lowest BCUT2D eigenvalue weighted by atomic mass is 10.1. The Morgan fingerprint density at radius 3 is 2.70 bits per heavy atom. The molecule has 1 N–H and O–H groups in total. The molecule has 0 aliphatic carbocycles. The average molecular weight is 533 g/mol. The van der Waals surface area contributed by atoms with Crippen molar-refractivity contribution >= 4 is 51.1 Å². The fraction of sp³-hybridized carbons (Fsp3) is 0.185. The van der Waals surface area contributed by atoms with Crippen LogP contribution in [-0.2, 0) is 4.79 Å². The molecular weight excluding hydrogens is 508 g/mol. The van der Waals surface area contributed by atoms with Crippen LogP contribution in [0.15, 0.2) is 75.6 Å². The Morgan fingerprint density at radius 1 is 1.05 bits per heavy atom. The minimum Gasteiger partial charge on any atom is -0.493 e. The third-order valence-electron chi connectivity index (χ3n) is 5.49. The Kier molecular flexibility index (Phi) is 7.38. The van der Waals surface area contributed by atoms with Crippen molar-refractivity contribution in [1.29, 1.82) is 5.41 Å². The fourth-order valence-electron chi connectivity index (χ4n) is 3.69. The van der Waals surface area contributed by atoms with Crippen molar-refractivity contribution in [2.24, 2.45) is 10.1 Å². The number of aryl methyl sites for hydroxylation is 1. The Labute approximate surface area is 222 Å². The molecule has 8 nitrogen and oxygen atoms in total. The van der Waals surface area contributed by atoms with Gasteiger partial charge in [-0.2, -0.15) is 15.1 Å². The molecule has 0 fully saturated rings. The maximum Gasteiger partial charge on any atom is 0.283 e. The molecule has 0 bridgehead atoms. The van der Waals surface area contributed by atoms with Crippen LogP contribution in [-0.4, -0.2) is 47.3 Å². The average Bonchev–Trinajstić information content (AvgIpc) is 3.57. The predicted octanol–water partition coefficient (Wildman–Crippen LogP) is 5.58. The van der Waals surface area contributed by atoms with Crippen LogP contribution in [0, 0.1) is 12.3 Å². The van der Waals surface area contributed by atoms with E-state index in [1.165, 1.54) is 16.8 Å². The van der Waals surface area contributed by atoms with Gasteiger partial charge >= 0.3 is 0 Å². The van der Waals surface area contributed by atoms with E-state index >= 15 is 0 Å². The minimum atomic E-state index is -0.473. The molecular formula is C27H24N4O4S2. The lowest BCUT2D eigenvalue weighted by Crippen LogP contribution is -2.35. The number of ether oxygens (including phenoxy) is 3. The molecule has 1 aromatic heterocycles. The molecule has 3 aromatic rings. The van der Waals surface area contributed by atoms with E-state index in [1.54, 1.807) is 36.7 Å². The number of hydrazone groups is 1. The van der Waals surface area contributed by atoms with Crippen molar-refractivity contribution < 1.29 is 19.0 Å². The van der Waals surface area contributed by atoms with Gasteiger partial charge in [-0.25, -0.2) is 0 Å². The van der Waals surface area contributed by atoms with Crippen molar-refractivity contribution in [2.75, 3.05) is 20.3 Å². The van der Waals surface area contributed by atoms with Crippen LogP contribution in [0.4, 0.5) is 0 Å². The van der Waals surface area contributed by atoms with E-state index in [1.807, 2.05) is 54.8 Å². The molecule has 37 heavy (non-hydrogen) atoms. The molecule has 5 rings (SSSR count). The topological polar surface area (TPSA) is 96.6 Å². The summed E-state index contributed by atoms with van der Waals surface area (Å²) in [5.74, 6) is 1.48. The first-order chi connectivity index (χ1) is 18.0. The van der Waals surface area contributed by atoms with Crippen LogP contribution in [0.25, 0.3) is 6.08 Å². The van der Waals surface area contributed by atoms with Gasteiger partial charge in [-0.05, 0) is 71.6 Å². The van der Waals surface area contributed by atoms with E-state index in [4.69, 9.17) is 19.6 Å². The van der Waals surface area contributed by atoms with E-state index in [0.29, 0.717) is 41.9 Å². The van der Waals surface area contributed by atoms with E-state index in [2.05, 4.69) is 10.1 Å². The van der Waals surface area contributed by atoms with Crippen molar-refractivity contribution in [3.8, 4) is 17.2 Å². The molecule has 1 amide bonds. The van der Waals surface area contributed by atoms with Crippen molar-refractivity contribution in [3.05, 3.63) is 81.6 Å². The number of methoxy groups -OCH3 is 1. The lowest BCUT2D eigenvalue weighted by Gasteiger charge is -2.20. The second-order valence-electron chi connectivity index (χ2n) is 8.18. The number of rotatable bonds is 9. The predicted molar refractivity (Wildman–Crippen MR) is 148 cm³/mol. The van der Waals surface area contributed by atoms with Gasteiger partial charge in [0.2, 0.25) is 5.17 Å². The molecule has 2 aromatic carbocycles. The monoisotopic (exact) mass is 532 g/mol. The van der Waals surface area contributed by atoms with Crippen LogP contribution in [0.2, 0.25) is 0 Å². The molecule has 2 aliphatic rings. The van der Waals surface area contributed by atoms with Gasteiger partial charge in [-0.1, -0.05) is 24.3 Å². The third-order valence-corrected chi connectivity index (χ3v) is 7.44. The van der Waals surface area contributed by atoms with Crippen molar-refractivity contribution in [2.45, 2.75) is 13.3 Å². The first kappa shape index (κ1) is 24.8. The summed E-state index contributed by atoms with van der Waals surface area (Å²) in [5, 5.41) is 17.6. The Hall–Kier alpha value is -3.89. The van der Waals surface area contributed by atoms with Gasteiger partial charge in [-0.15, -0.1) is 11.3 Å². The van der Waals surface area contributed by atoms with Crippen LogP contribution in [0.1, 0.15) is 22.4 Å². The molecule has 0 atom stereocenters. The maximum absolute atomic E-state index is 12.7. The maximum atomic E-state index is 12.7. The molecule has 188 valence electrons. The molecule has 3 heterocycles. The lowest BCUT2D eigenvalue weighted by molar-refractivity contribution is -0.114. The number of hydrogen-bond acceptors (Lipinski definition) is 8. The number of aliphatic imine (C=N–C) groups is 1. The number of nitrogens with zero attached hydrogens (tertiary/aromatic N) is 3. The summed E-state index contributed by atoms with van der Waals surface area (Å²) < 4.78 is 17.2. The summed E-state index contributed by atoms with van der Waals surface area (Å²) >= 11 is 2.84. The van der Waals surface area contributed by atoms with E-state index in [9.17, 15) is 4.79 Å². The van der Waals surface area contributed by atoms with Gasteiger partial charge in [0.1, 0.15) is 10.8 Å². The number of carbonyl (C=O) groups is 1. The fourth-order valence-corrected chi connectivity index (χ4v) is 5.37. The van der Waals surface area contributed by atoms with Crippen LogP contribution >= 0.6 is 23.1 Å². The highest BCUT2D eigenvalue weighted by Gasteiger charge is 2.36. The Bertz CT molecular complexity index is 1430. The zero-order chi connectivity index (χ0) is 25.8. The van der Waals surface area contributed by atoms with Gasteiger partial charge in [0.15, 0.2) is 17.3 Å². The molecule has 0 saturated carbocycles. The number of fused-ring (bicyclic) bond motifs is 1. The van der Waals surface area contributed by atoms with Gasteiger partial charge in [-0.3, -0.25) is 10.2 Å². The largest absolute Gasteiger partial charge is 0.493 e. The molecule has 0 saturated heterocycles. The first-order valence-electron chi connectivity index (χ1n) is 11.6. The number of amides is 1. The van der Waals surface area contributed by atoms with Gasteiger partial charge in [0, 0.05) is 6.42 Å². The number of carbonyl (C=O) groups excluding carboxylic acids is 1. The van der Waals surface area contributed by atoms with E-state index in [0.717, 1.165) is 21.2 Å². The van der Waals surface area contributed by atoms with Gasteiger partial charge in [0.25, 0.3) is 5.91 Å².